The van der Waals surface area contributed by atoms with Crippen LogP contribution in [-0.4, -0.2) is 78.1 Å². The molecule has 196 valence electrons. The van der Waals surface area contributed by atoms with Crippen molar-refractivity contribution in [3.8, 4) is 11.5 Å². The lowest BCUT2D eigenvalue weighted by Gasteiger charge is -2.33. The molecule has 2 fully saturated rings. The van der Waals surface area contributed by atoms with E-state index in [-0.39, 0.29) is 6.10 Å². The molecule has 1 aromatic carbocycles. The van der Waals surface area contributed by atoms with Gasteiger partial charge in [-0.05, 0) is 43.7 Å². The number of aromatic nitrogens is 2. The third-order valence-electron chi connectivity index (χ3n) is 6.89. The predicted octanol–water partition coefficient (Wildman–Crippen LogP) is 2.77. The highest BCUT2D eigenvalue weighted by molar-refractivity contribution is 7.85. The average molecular weight is 516 g/mol. The molecule has 9 nitrogen and oxygen atoms in total. The topological polar surface area (TPSA) is 97.8 Å². The van der Waals surface area contributed by atoms with Crippen LogP contribution in [0.25, 0.3) is 0 Å². The molecule has 3 aliphatic rings. The molecular weight excluding hydrogens is 478 g/mol. The molecule has 0 saturated carbocycles. The van der Waals surface area contributed by atoms with Crippen LogP contribution in [0.2, 0.25) is 0 Å². The lowest BCUT2D eigenvalue weighted by atomic mass is 10.1. The highest BCUT2D eigenvalue weighted by Gasteiger charge is 2.30. The highest BCUT2D eigenvalue weighted by atomic mass is 32.2. The number of anilines is 2. The Morgan fingerprint density at radius 2 is 1.83 bits per heavy atom. The van der Waals surface area contributed by atoms with E-state index in [4.69, 9.17) is 24.2 Å². The number of fused-ring (bicyclic) bond motifs is 1. The monoisotopic (exact) mass is 515 g/mol. The molecule has 0 amide bonds. The summed E-state index contributed by atoms with van der Waals surface area (Å²) < 4.78 is 30.1. The van der Waals surface area contributed by atoms with Gasteiger partial charge >= 0.3 is 0 Å². The third-order valence-corrected chi connectivity index (χ3v) is 8.35. The number of ether oxygens (including phenoxy) is 3. The van der Waals surface area contributed by atoms with E-state index in [2.05, 4.69) is 22.5 Å². The van der Waals surface area contributed by atoms with Gasteiger partial charge in [0.25, 0.3) is 0 Å². The number of nitrogens with zero attached hydrogens (tertiary/aromatic N) is 3. The van der Waals surface area contributed by atoms with Gasteiger partial charge in [-0.2, -0.15) is 4.98 Å². The standard InChI is InChI=1S/C26H37N5O4S/c1-2-27-12-17-34-20-3-5-21(6-4-20)35-22-7-13-31(14-8-22)26-29-23-11-18-36(32)24(23)25(30-26)28-19-9-15-33-16-10-19/h3-6,19,22,27H,2,7-18H2,1H3,(H,28,29,30). The van der Waals surface area contributed by atoms with Crippen molar-refractivity contribution < 1.29 is 18.4 Å². The van der Waals surface area contributed by atoms with Gasteiger partial charge in [-0.1, -0.05) is 6.92 Å². The van der Waals surface area contributed by atoms with Gasteiger partial charge in [0.1, 0.15) is 34.9 Å². The van der Waals surface area contributed by atoms with Crippen LogP contribution < -0.4 is 25.0 Å². The van der Waals surface area contributed by atoms with Gasteiger partial charge in [0.2, 0.25) is 5.95 Å². The molecule has 10 heteroatoms. The Kier molecular flexibility index (Phi) is 8.55. The van der Waals surface area contributed by atoms with E-state index >= 15 is 0 Å². The van der Waals surface area contributed by atoms with Crippen LogP contribution in [-0.2, 0) is 22.0 Å². The summed E-state index contributed by atoms with van der Waals surface area (Å²) in [6, 6.07) is 8.18. The molecule has 5 rings (SSSR count). The summed E-state index contributed by atoms with van der Waals surface area (Å²) in [5.41, 5.74) is 0.930. The fourth-order valence-corrected chi connectivity index (χ4v) is 6.17. The van der Waals surface area contributed by atoms with Crippen LogP contribution in [0.15, 0.2) is 29.2 Å². The van der Waals surface area contributed by atoms with E-state index in [1.54, 1.807) is 0 Å². The van der Waals surface area contributed by atoms with E-state index in [0.717, 1.165) is 105 Å². The van der Waals surface area contributed by atoms with Crippen LogP contribution in [0, 0.1) is 0 Å². The normalized spacial score (nSPS) is 20.8. The number of nitrogens with one attached hydrogen (secondary N) is 2. The first-order valence-electron chi connectivity index (χ1n) is 13.2. The Morgan fingerprint density at radius 3 is 2.58 bits per heavy atom. The molecule has 1 unspecified atom stereocenters. The zero-order chi connectivity index (χ0) is 24.7. The average Bonchev–Trinajstić information content (AvgIpc) is 3.29. The maximum atomic E-state index is 12.7. The summed E-state index contributed by atoms with van der Waals surface area (Å²) in [6.45, 7) is 7.68. The lowest BCUT2D eigenvalue weighted by Crippen LogP contribution is -2.39. The number of hydrogen-bond acceptors (Lipinski definition) is 9. The minimum Gasteiger partial charge on any atom is -0.492 e. The number of hydrogen-bond donors (Lipinski definition) is 2. The molecule has 4 heterocycles. The van der Waals surface area contributed by atoms with Crippen molar-refractivity contribution in [1.29, 1.82) is 0 Å². The molecule has 3 aliphatic heterocycles. The Morgan fingerprint density at radius 1 is 1.08 bits per heavy atom. The SMILES string of the molecule is CCNCCOc1ccc(OC2CCN(c3nc4c(c(NC5CCOCC5)n3)S(=O)CC4)CC2)cc1. The number of aryl methyl sites for hydroxylation is 1. The molecule has 0 radical (unpaired) electrons. The summed E-state index contributed by atoms with van der Waals surface area (Å²) in [6.07, 6.45) is 4.57. The molecule has 2 saturated heterocycles. The summed E-state index contributed by atoms with van der Waals surface area (Å²) in [4.78, 5) is 12.7. The van der Waals surface area contributed by atoms with Crippen LogP contribution in [0.1, 0.15) is 38.3 Å². The van der Waals surface area contributed by atoms with E-state index in [1.807, 2.05) is 24.3 Å². The molecule has 2 aromatic rings. The Bertz CT molecular complexity index is 1020. The van der Waals surface area contributed by atoms with Crippen molar-refractivity contribution in [2.45, 2.75) is 56.1 Å². The second-order valence-electron chi connectivity index (χ2n) is 9.46. The number of likely N-dealkylation sites (N-methyl/N-ethyl adjacent to an activating group) is 1. The van der Waals surface area contributed by atoms with Gasteiger partial charge in [-0.3, -0.25) is 4.21 Å². The van der Waals surface area contributed by atoms with Crippen molar-refractivity contribution in [1.82, 2.24) is 15.3 Å². The maximum absolute atomic E-state index is 12.7. The van der Waals surface area contributed by atoms with E-state index in [9.17, 15) is 4.21 Å². The molecule has 0 aliphatic carbocycles. The Labute approximate surface area is 215 Å². The van der Waals surface area contributed by atoms with E-state index in [0.29, 0.717) is 18.4 Å². The van der Waals surface area contributed by atoms with Crippen LogP contribution in [0.3, 0.4) is 0 Å². The first-order valence-corrected chi connectivity index (χ1v) is 14.5. The largest absolute Gasteiger partial charge is 0.492 e. The van der Waals surface area contributed by atoms with Crippen LogP contribution in [0.5, 0.6) is 11.5 Å². The fourth-order valence-electron chi connectivity index (χ4n) is 4.86. The van der Waals surface area contributed by atoms with E-state index < -0.39 is 10.8 Å². The highest BCUT2D eigenvalue weighted by Crippen LogP contribution is 2.32. The minimum atomic E-state index is -1.03. The molecule has 1 atom stereocenters. The van der Waals surface area contributed by atoms with Crippen molar-refractivity contribution in [3.05, 3.63) is 30.0 Å². The van der Waals surface area contributed by atoms with Crippen LogP contribution >= 0.6 is 0 Å². The van der Waals surface area contributed by atoms with Gasteiger partial charge < -0.3 is 29.7 Å². The van der Waals surface area contributed by atoms with Gasteiger partial charge in [0.05, 0.1) is 16.5 Å². The van der Waals surface area contributed by atoms with Gasteiger partial charge in [-0.25, -0.2) is 4.98 Å². The fraction of sp³-hybridized carbons (Fsp3) is 0.615. The Hall–Kier alpha value is -2.43. The summed E-state index contributed by atoms with van der Waals surface area (Å²) >= 11 is 0. The predicted molar refractivity (Wildman–Crippen MR) is 141 cm³/mol. The molecule has 36 heavy (non-hydrogen) atoms. The number of piperidine rings is 1. The Balaban J connectivity index is 1.17. The van der Waals surface area contributed by atoms with Gasteiger partial charge in [0.15, 0.2) is 0 Å². The first kappa shape index (κ1) is 25.2. The molecule has 2 N–H and O–H groups in total. The molecule has 0 bridgehead atoms. The number of benzene rings is 1. The minimum absolute atomic E-state index is 0.156. The van der Waals surface area contributed by atoms with Crippen molar-refractivity contribution in [2.75, 3.05) is 62.0 Å². The van der Waals surface area contributed by atoms with Crippen LogP contribution in [0.4, 0.5) is 11.8 Å². The second kappa shape index (κ2) is 12.2. The van der Waals surface area contributed by atoms with Crippen molar-refractivity contribution >= 4 is 22.6 Å². The lowest BCUT2D eigenvalue weighted by molar-refractivity contribution is 0.0903. The van der Waals surface area contributed by atoms with Gasteiger partial charge in [-0.15, -0.1) is 0 Å². The zero-order valence-electron chi connectivity index (χ0n) is 21.0. The van der Waals surface area contributed by atoms with Crippen molar-refractivity contribution in [2.24, 2.45) is 0 Å². The smallest absolute Gasteiger partial charge is 0.227 e. The summed E-state index contributed by atoms with van der Waals surface area (Å²) in [5, 5.41) is 6.82. The molecule has 0 spiro atoms. The first-order chi connectivity index (χ1) is 17.7. The van der Waals surface area contributed by atoms with Crippen molar-refractivity contribution in [3.63, 3.8) is 0 Å². The number of rotatable bonds is 10. The third kappa shape index (κ3) is 6.27. The quantitative estimate of drug-likeness (QED) is 0.463. The maximum Gasteiger partial charge on any atom is 0.227 e. The molecule has 1 aromatic heterocycles. The second-order valence-corrected chi connectivity index (χ2v) is 11.0. The summed E-state index contributed by atoms with van der Waals surface area (Å²) in [5.74, 6) is 3.84. The molecular formula is C26H37N5O4S. The zero-order valence-corrected chi connectivity index (χ0v) is 21.9. The summed E-state index contributed by atoms with van der Waals surface area (Å²) in [7, 11) is -1.03. The van der Waals surface area contributed by atoms with E-state index in [1.165, 1.54) is 0 Å². The van der Waals surface area contributed by atoms with Gasteiger partial charge in [0, 0.05) is 63.9 Å².